The quantitative estimate of drug-likeness (QED) is 0.879. The number of methoxy groups -OCH3 is 1. The number of nitrogens with zero attached hydrogens (tertiary/aromatic N) is 1. The SMILES string of the molecule is COc1ccc(Oc2cc(CNC(C)C)cc(C)n2)cc1. The number of pyridine rings is 1. The lowest BCUT2D eigenvalue weighted by Crippen LogP contribution is -2.21. The minimum absolute atomic E-state index is 0.449. The molecule has 1 aromatic heterocycles. The molecule has 0 atom stereocenters. The van der Waals surface area contributed by atoms with Gasteiger partial charge in [-0.05, 0) is 42.8 Å². The van der Waals surface area contributed by atoms with E-state index in [-0.39, 0.29) is 0 Å². The Bertz CT molecular complexity index is 580. The number of benzene rings is 1. The molecule has 4 nitrogen and oxygen atoms in total. The van der Waals surface area contributed by atoms with Crippen LogP contribution >= 0.6 is 0 Å². The number of aromatic nitrogens is 1. The predicted molar refractivity (Wildman–Crippen MR) is 84.0 cm³/mol. The highest BCUT2D eigenvalue weighted by molar-refractivity contribution is 5.34. The van der Waals surface area contributed by atoms with Crippen LogP contribution in [0.1, 0.15) is 25.1 Å². The van der Waals surface area contributed by atoms with Crippen LogP contribution in [0.2, 0.25) is 0 Å². The maximum atomic E-state index is 5.81. The van der Waals surface area contributed by atoms with Crippen LogP contribution in [0.5, 0.6) is 17.4 Å². The van der Waals surface area contributed by atoms with Crippen molar-refractivity contribution in [1.29, 1.82) is 0 Å². The van der Waals surface area contributed by atoms with E-state index in [4.69, 9.17) is 9.47 Å². The molecule has 2 aromatic rings. The summed E-state index contributed by atoms with van der Waals surface area (Å²) in [6, 6.07) is 12.0. The highest BCUT2D eigenvalue weighted by atomic mass is 16.5. The van der Waals surface area contributed by atoms with Crippen LogP contribution < -0.4 is 14.8 Å². The van der Waals surface area contributed by atoms with E-state index in [1.807, 2.05) is 37.3 Å². The molecular weight excluding hydrogens is 264 g/mol. The Morgan fingerprint density at radius 2 is 1.76 bits per heavy atom. The van der Waals surface area contributed by atoms with Gasteiger partial charge in [-0.25, -0.2) is 4.98 Å². The molecule has 0 amide bonds. The summed E-state index contributed by atoms with van der Waals surface area (Å²) in [5.41, 5.74) is 2.11. The molecule has 1 aromatic carbocycles. The lowest BCUT2D eigenvalue weighted by molar-refractivity contribution is 0.412. The monoisotopic (exact) mass is 286 g/mol. The molecule has 0 saturated carbocycles. The number of aryl methyl sites for hydroxylation is 1. The molecule has 2 rings (SSSR count). The van der Waals surface area contributed by atoms with Gasteiger partial charge >= 0.3 is 0 Å². The van der Waals surface area contributed by atoms with E-state index < -0.39 is 0 Å². The highest BCUT2D eigenvalue weighted by Crippen LogP contribution is 2.23. The standard InChI is InChI=1S/C17H22N2O2/c1-12(2)18-11-14-9-13(3)19-17(10-14)21-16-7-5-15(20-4)6-8-16/h5-10,12,18H,11H2,1-4H3. The van der Waals surface area contributed by atoms with Gasteiger partial charge in [0.05, 0.1) is 7.11 Å². The summed E-state index contributed by atoms with van der Waals surface area (Å²) < 4.78 is 10.9. The summed E-state index contributed by atoms with van der Waals surface area (Å²) in [4.78, 5) is 4.42. The molecule has 0 bridgehead atoms. The Labute approximate surface area is 126 Å². The second-order valence-electron chi connectivity index (χ2n) is 5.27. The van der Waals surface area contributed by atoms with E-state index in [1.165, 1.54) is 5.56 Å². The van der Waals surface area contributed by atoms with Crippen LogP contribution in [0.25, 0.3) is 0 Å². The van der Waals surface area contributed by atoms with E-state index in [0.29, 0.717) is 11.9 Å². The minimum atomic E-state index is 0.449. The number of ether oxygens (including phenoxy) is 2. The molecule has 0 saturated heterocycles. The third kappa shape index (κ3) is 4.76. The van der Waals surface area contributed by atoms with Gasteiger partial charge in [-0.1, -0.05) is 13.8 Å². The summed E-state index contributed by atoms with van der Waals surface area (Å²) in [6.45, 7) is 7.03. The molecular formula is C17H22N2O2. The van der Waals surface area contributed by atoms with Crippen LogP contribution in [0.4, 0.5) is 0 Å². The molecule has 21 heavy (non-hydrogen) atoms. The third-order valence-corrected chi connectivity index (χ3v) is 2.99. The van der Waals surface area contributed by atoms with Gasteiger partial charge < -0.3 is 14.8 Å². The Morgan fingerprint density at radius 3 is 2.38 bits per heavy atom. The molecule has 0 spiro atoms. The fraction of sp³-hybridized carbons (Fsp3) is 0.353. The first-order valence-electron chi connectivity index (χ1n) is 7.09. The van der Waals surface area contributed by atoms with E-state index in [0.717, 1.165) is 23.7 Å². The van der Waals surface area contributed by atoms with Gasteiger partial charge in [-0.2, -0.15) is 0 Å². The van der Waals surface area contributed by atoms with E-state index in [1.54, 1.807) is 7.11 Å². The fourth-order valence-electron chi connectivity index (χ4n) is 1.95. The van der Waals surface area contributed by atoms with Gasteiger partial charge in [0.15, 0.2) is 0 Å². The Kier molecular flexibility index (Phi) is 5.17. The molecule has 0 unspecified atom stereocenters. The molecule has 4 heteroatoms. The summed E-state index contributed by atoms with van der Waals surface area (Å²) in [5, 5.41) is 3.40. The Hall–Kier alpha value is -2.07. The van der Waals surface area contributed by atoms with Gasteiger partial charge in [-0.3, -0.25) is 0 Å². The summed E-state index contributed by atoms with van der Waals surface area (Å²) >= 11 is 0. The van der Waals surface area contributed by atoms with Crippen LogP contribution in [0.15, 0.2) is 36.4 Å². The van der Waals surface area contributed by atoms with E-state index in [9.17, 15) is 0 Å². The fourth-order valence-corrected chi connectivity index (χ4v) is 1.95. The summed E-state index contributed by atoms with van der Waals surface area (Å²) in [6.07, 6.45) is 0. The van der Waals surface area contributed by atoms with Gasteiger partial charge in [-0.15, -0.1) is 0 Å². The molecule has 1 heterocycles. The van der Waals surface area contributed by atoms with Crippen LogP contribution in [0, 0.1) is 6.92 Å². The van der Waals surface area contributed by atoms with E-state index in [2.05, 4.69) is 30.2 Å². The molecule has 0 aliphatic rings. The summed E-state index contributed by atoms with van der Waals surface area (Å²) in [5.74, 6) is 2.17. The topological polar surface area (TPSA) is 43.4 Å². The zero-order valence-electron chi connectivity index (χ0n) is 13.0. The van der Waals surface area contributed by atoms with Crippen molar-refractivity contribution in [3.8, 4) is 17.4 Å². The Morgan fingerprint density at radius 1 is 1.10 bits per heavy atom. The largest absolute Gasteiger partial charge is 0.497 e. The molecule has 0 aliphatic carbocycles. The number of hydrogen-bond donors (Lipinski definition) is 1. The zero-order chi connectivity index (χ0) is 15.2. The number of rotatable bonds is 6. The average Bonchev–Trinajstić information content (AvgIpc) is 2.45. The average molecular weight is 286 g/mol. The Balaban J connectivity index is 2.11. The molecule has 1 N–H and O–H groups in total. The predicted octanol–water partition coefficient (Wildman–Crippen LogP) is 3.69. The van der Waals surface area contributed by atoms with Crippen molar-refractivity contribution in [3.05, 3.63) is 47.7 Å². The number of nitrogens with one attached hydrogen (secondary N) is 1. The molecule has 0 aliphatic heterocycles. The van der Waals surface area contributed by atoms with Crippen molar-refractivity contribution in [2.45, 2.75) is 33.4 Å². The zero-order valence-corrected chi connectivity index (χ0v) is 13.0. The second-order valence-corrected chi connectivity index (χ2v) is 5.27. The van der Waals surface area contributed by atoms with Gasteiger partial charge in [0.2, 0.25) is 5.88 Å². The van der Waals surface area contributed by atoms with Crippen molar-refractivity contribution < 1.29 is 9.47 Å². The smallest absolute Gasteiger partial charge is 0.219 e. The summed E-state index contributed by atoms with van der Waals surface area (Å²) in [7, 11) is 1.64. The van der Waals surface area contributed by atoms with Crippen LogP contribution in [0.3, 0.4) is 0 Å². The third-order valence-electron chi connectivity index (χ3n) is 2.99. The van der Waals surface area contributed by atoms with Gasteiger partial charge in [0.1, 0.15) is 11.5 Å². The van der Waals surface area contributed by atoms with Crippen molar-refractivity contribution >= 4 is 0 Å². The van der Waals surface area contributed by atoms with Crippen LogP contribution in [-0.2, 0) is 6.54 Å². The molecule has 0 radical (unpaired) electrons. The normalized spacial score (nSPS) is 10.7. The van der Waals surface area contributed by atoms with Crippen molar-refractivity contribution in [3.63, 3.8) is 0 Å². The maximum absolute atomic E-state index is 5.81. The van der Waals surface area contributed by atoms with Crippen LogP contribution in [-0.4, -0.2) is 18.1 Å². The first-order valence-corrected chi connectivity index (χ1v) is 7.09. The first-order chi connectivity index (χ1) is 10.1. The maximum Gasteiger partial charge on any atom is 0.219 e. The van der Waals surface area contributed by atoms with Crippen molar-refractivity contribution in [2.75, 3.05) is 7.11 Å². The lowest BCUT2D eigenvalue weighted by atomic mass is 10.2. The minimum Gasteiger partial charge on any atom is -0.497 e. The van der Waals surface area contributed by atoms with Gasteiger partial charge in [0.25, 0.3) is 0 Å². The van der Waals surface area contributed by atoms with E-state index >= 15 is 0 Å². The molecule has 0 fully saturated rings. The number of hydrogen-bond acceptors (Lipinski definition) is 4. The second kappa shape index (κ2) is 7.09. The highest BCUT2D eigenvalue weighted by Gasteiger charge is 2.04. The molecule has 112 valence electrons. The van der Waals surface area contributed by atoms with Gasteiger partial charge in [0, 0.05) is 24.3 Å². The lowest BCUT2D eigenvalue weighted by Gasteiger charge is -2.11. The van der Waals surface area contributed by atoms with Crippen molar-refractivity contribution in [2.24, 2.45) is 0 Å². The first kappa shape index (κ1) is 15.3. The van der Waals surface area contributed by atoms with Crippen molar-refractivity contribution in [1.82, 2.24) is 10.3 Å².